The molecule has 0 fully saturated rings. The Morgan fingerprint density at radius 2 is 1.67 bits per heavy atom. The maximum absolute atomic E-state index is 12.8. The Bertz CT molecular complexity index is 417. The molecule has 0 radical (unpaired) electrons. The van der Waals surface area contributed by atoms with Crippen molar-refractivity contribution < 1.29 is 4.79 Å². The third-order valence-corrected chi connectivity index (χ3v) is 7.85. The second-order valence-corrected chi connectivity index (χ2v) is 8.82. The topological polar surface area (TPSA) is 17.1 Å². The highest BCUT2D eigenvalue weighted by Gasteiger charge is 2.39. The molecule has 0 spiro atoms. The van der Waals surface area contributed by atoms with Gasteiger partial charge in [0.1, 0.15) is 0 Å². The van der Waals surface area contributed by atoms with Crippen molar-refractivity contribution in [2.75, 3.05) is 11.5 Å². The van der Waals surface area contributed by atoms with Crippen molar-refractivity contribution in [3.63, 3.8) is 0 Å². The van der Waals surface area contributed by atoms with E-state index in [1.807, 2.05) is 12.1 Å². The Kier molecular flexibility index (Phi) is 4.50. The zero-order chi connectivity index (χ0) is 13.0. The summed E-state index contributed by atoms with van der Waals surface area (Å²) in [7, 11) is -1.06. The fourth-order valence-corrected chi connectivity index (χ4v) is 6.90. The van der Waals surface area contributed by atoms with Crippen LogP contribution in [0, 0.1) is 0 Å². The number of fused-ring (bicyclic) bond motifs is 1. The van der Waals surface area contributed by atoms with Gasteiger partial charge in [0.05, 0.1) is 0 Å². The van der Waals surface area contributed by atoms with E-state index in [0.29, 0.717) is 5.12 Å². The molecule has 1 aromatic rings. The van der Waals surface area contributed by atoms with Gasteiger partial charge in [0.2, 0.25) is 5.12 Å². The molecule has 18 heavy (non-hydrogen) atoms. The molecule has 0 aliphatic carbocycles. The lowest BCUT2D eigenvalue weighted by Crippen LogP contribution is -2.15. The number of unbranched alkanes of at least 4 members (excludes halogenated alkanes) is 2. The first kappa shape index (κ1) is 13.7. The van der Waals surface area contributed by atoms with Crippen LogP contribution in [0.2, 0.25) is 0 Å². The lowest BCUT2D eigenvalue weighted by atomic mass is 10.1. The summed E-state index contributed by atoms with van der Waals surface area (Å²) in [6.45, 7) is 4.44. The highest BCUT2D eigenvalue weighted by atomic mass is 32.3. The predicted molar refractivity (Wildman–Crippen MR) is 81.6 cm³/mol. The van der Waals surface area contributed by atoms with E-state index >= 15 is 0 Å². The van der Waals surface area contributed by atoms with Gasteiger partial charge in [0.15, 0.2) is 0 Å². The van der Waals surface area contributed by atoms with E-state index in [0.717, 1.165) is 22.8 Å². The molecule has 0 N–H and O–H groups in total. The average molecular weight is 264 g/mol. The third-order valence-electron chi connectivity index (χ3n) is 3.84. The number of hydrogen-bond donors (Lipinski definition) is 0. The standard InChI is InChI=1S/C16H24OS/c1-3-5-11-18(12-6-4-2)13-14-9-7-8-10-15(14)16(18)17/h7-10H,3-6,11-13H2,1-2H3. The third kappa shape index (κ3) is 2.49. The highest BCUT2D eigenvalue weighted by molar-refractivity contribution is 8.45. The fraction of sp³-hybridized carbons (Fsp3) is 0.562. The quantitative estimate of drug-likeness (QED) is 0.725. The van der Waals surface area contributed by atoms with Crippen molar-refractivity contribution >= 4 is 15.1 Å². The summed E-state index contributed by atoms with van der Waals surface area (Å²) in [5, 5.41) is 0.500. The molecule has 2 heteroatoms. The molecular formula is C16H24OS. The second kappa shape index (κ2) is 5.92. The zero-order valence-corrected chi connectivity index (χ0v) is 12.4. The van der Waals surface area contributed by atoms with Crippen LogP contribution in [0.3, 0.4) is 0 Å². The molecule has 2 rings (SSSR count). The molecule has 0 amide bonds. The molecule has 100 valence electrons. The first-order chi connectivity index (χ1) is 8.73. The Balaban J connectivity index is 2.24. The van der Waals surface area contributed by atoms with E-state index in [1.165, 1.54) is 31.2 Å². The highest BCUT2D eigenvalue weighted by Crippen LogP contribution is 2.59. The van der Waals surface area contributed by atoms with Crippen molar-refractivity contribution in [2.45, 2.75) is 45.3 Å². The first-order valence-corrected chi connectivity index (χ1v) is 9.26. The number of carbonyl (C=O) groups excluding carboxylic acids is 1. The fourth-order valence-electron chi connectivity index (χ4n) is 2.71. The van der Waals surface area contributed by atoms with Crippen LogP contribution in [0.4, 0.5) is 0 Å². The van der Waals surface area contributed by atoms with Gasteiger partial charge in [0.25, 0.3) is 0 Å². The van der Waals surface area contributed by atoms with E-state index in [9.17, 15) is 4.79 Å². The van der Waals surface area contributed by atoms with Crippen LogP contribution < -0.4 is 0 Å². The first-order valence-electron chi connectivity index (χ1n) is 7.12. The SMILES string of the molecule is CCCCS1(CCCC)Cc2ccccc2C1=O. The van der Waals surface area contributed by atoms with Crippen LogP contribution in [0.5, 0.6) is 0 Å². The molecule has 1 nitrogen and oxygen atoms in total. The molecule has 0 saturated heterocycles. The Labute approximate surface area is 112 Å². The summed E-state index contributed by atoms with van der Waals surface area (Å²) in [4.78, 5) is 12.8. The molecule has 0 atom stereocenters. The van der Waals surface area contributed by atoms with E-state index < -0.39 is 10.0 Å². The average Bonchev–Trinajstić information content (AvgIpc) is 2.68. The molecule has 1 heterocycles. The van der Waals surface area contributed by atoms with Crippen LogP contribution in [0.1, 0.15) is 55.5 Å². The number of rotatable bonds is 6. The van der Waals surface area contributed by atoms with Crippen molar-refractivity contribution in [3.8, 4) is 0 Å². The van der Waals surface area contributed by atoms with E-state index in [2.05, 4.69) is 26.0 Å². The summed E-state index contributed by atoms with van der Waals surface area (Å²) in [5.74, 6) is 3.36. The molecular weight excluding hydrogens is 240 g/mol. The Morgan fingerprint density at radius 3 is 2.22 bits per heavy atom. The molecule has 0 saturated carbocycles. The predicted octanol–water partition coefficient (Wildman–Crippen LogP) is 4.75. The monoisotopic (exact) mass is 264 g/mol. The molecule has 0 aromatic heterocycles. The minimum Gasteiger partial charge on any atom is -0.283 e. The number of benzene rings is 1. The molecule has 1 aliphatic rings. The summed E-state index contributed by atoms with van der Waals surface area (Å²) in [5.41, 5.74) is 2.34. The minimum atomic E-state index is -1.06. The van der Waals surface area contributed by atoms with Crippen LogP contribution in [0.15, 0.2) is 24.3 Å². The zero-order valence-electron chi connectivity index (χ0n) is 11.6. The van der Waals surface area contributed by atoms with Gasteiger partial charge in [-0.05, 0) is 29.9 Å². The van der Waals surface area contributed by atoms with Gasteiger partial charge in [-0.2, -0.15) is 10.0 Å². The van der Waals surface area contributed by atoms with E-state index in [1.54, 1.807) is 0 Å². The van der Waals surface area contributed by atoms with Crippen LogP contribution in [-0.2, 0) is 5.75 Å². The maximum Gasteiger partial charge on any atom is 0.203 e. The summed E-state index contributed by atoms with van der Waals surface area (Å²) in [6.07, 6.45) is 4.81. The molecule has 1 aliphatic heterocycles. The lowest BCUT2D eigenvalue weighted by Gasteiger charge is -2.33. The molecule has 0 unspecified atom stereocenters. The smallest absolute Gasteiger partial charge is 0.203 e. The van der Waals surface area contributed by atoms with Crippen molar-refractivity contribution in [1.29, 1.82) is 0 Å². The summed E-state index contributed by atoms with van der Waals surface area (Å²) < 4.78 is 0. The van der Waals surface area contributed by atoms with Gasteiger partial charge in [-0.15, -0.1) is 0 Å². The summed E-state index contributed by atoms with van der Waals surface area (Å²) >= 11 is 0. The van der Waals surface area contributed by atoms with Gasteiger partial charge in [-0.1, -0.05) is 51.0 Å². The van der Waals surface area contributed by atoms with Crippen molar-refractivity contribution in [1.82, 2.24) is 0 Å². The van der Waals surface area contributed by atoms with Crippen LogP contribution >= 0.6 is 10.0 Å². The largest absolute Gasteiger partial charge is 0.283 e. The van der Waals surface area contributed by atoms with Crippen LogP contribution in [0.25, 0.3) is 0 Å². The summed E-state index contributed by atoms with van der Waals surface area (Å²) in [6, 6.07) is 8.26. The maximum atomic E-state index is 12.8. The number of hydrogen-bond acceptors (Lipinski definition) is 1. The van der Waals surface area contributed by atoms with Gasteiger partial charge < -0.3 is 0 Å². The van der Waals surface area contributed by atoms with Gasteiger partial charge in [0, 0.05) is 11.3 Å². The molecule has 1 aromatic carbocycles. The van der Waals surface area contributed by atoms with Crippen molar-refractivity contribution in [2.24, 2.45) is 0 Å². The van der Waals surface area contributed by atoms with E-state index in [-0.39, 0.29) is 0 Å². The van der Waals surface area contributed by atoms with Crippen molar-refractivity contribution in [3.05, 3.63) is 35.4 Å². The molecule has 0 bridgehead atoms. The van der Waals surface area contributed by atoms with Gasteiger partial charge in [-0.3, -0.25) is 4.79 Å². The lowest BCUT2D eigenvalue weighted by molar-refractivity contribution is 0.108. The second-order valence-electron chi connectivity index (χ2n) is 5.25. The normalized spacial score (nSPS) is 18.7. The van der Waals surface area contributed by atoms with Gasteiger partial charge >= 0.3 is 0 Å². The minimum absolute atomic E-state index is 0.500. The van der Waals surface area contributed by atoms with Crippen LogP contribution in [-0.4, -0.2) is 16.6 Å². The van der Waals surface area contributed by atoms with E-state index in [4.69, 9.17) is 0 Å². The Hall–Kier alpha value is -0.760. The Morgan fingerprint density at radius 1 is 1.06 bits per heavy atom. The number of carbonyl (C=O) groups is 1. The van der Waals surface area contributed by atoms with Gasteiger partial charge in [-0.25, -0.2) is 0 Å².